The smallest absolute Gasteiger partial charge is 0.405 e. The summed E-state index contributed by atoms with van der Waals surface area (Å²) in [6.45, 7) is 15.4. The molecule has 0 saturated heterocycles. The molecule has 0 aliphatic heterocycles. The zero-order valence-electron chi connectivity index (χ0n) is 17.8. The van der Waals surface area contributed by atoms with Crippen LogP contribution in [0.3, 0.4) is 0 Å². The van der Waals surface area contributed by atoms with Crippen LogP contribution in [-0.4, -0.2) is 41.9 Å². The molecule has 9 heteroatoms. The molecule has 2 unspecified atom stereocenters. The Morgan fingerprint density at radius 3 is 2.13 bits per heavy atom. The van der Waals surface area contributed by atoms with Crippen LogP contribution in [-0.2, 0) is 34.6 Å². The van der Waals surface area contributed by atoms with Gasteiger partial charge >= 0.3 is 18.0 Å². The van der Waals surface area contributed by atoms with Crippen molar-refractivity contribution in [1.82, 2.24) is 5.32 Å². The lowest BCUT2D eigenvalue weighted by Gasteiger charge is -2.37. The average molecular weight is 433 g/mol. The van der Waals surface area contributed by atoms with Gasteiger partial charge in [0.15, 0.2) is 0 Å². The summed E-state index contributed by atoms with van der Waals surface area (Å²) < 4.78 is 0. The van der Waals surface area contributed by atoms with Crippen LogP contribution in [0.2, 0.25) is 0 Å². The number of allylic oxidation sites excluding steroid dienone is 1. The number of carboxylic acid groups (broad SMARTS) is 1. The molecule has 2 N–H and O–H groups in total. The molecule has 168 valence electrons. The van der Waals surface area contributed by atoms with Crippen molar-refractivity contribution in [3.05, 3.63) is 67.3 Å². The number of nitrogens with one attached hydrogen (secondary N) is 1. The van der Waals surface area contributed by atoms with Gasteiger partial charge in [0.2, 0.25) is 0 Å². The predicted octanol–water partition coefficient (Wildman–Crippen LogP) is 3.32. The molecule has 0 fully saturated rings. The zero-order valence-corrected chi connectivity index (χ0v) is 17.8. The number of carbonyl (C=O) groups is 3. The van der Waals surface area contributed by atoms with Crippen molar-refractivity contribution in [2.45, 2.75) is 38.3 Å². The van der Waals surface area contributed by atoms with Crippen LogP contribution in [0.25, 0.3) is 5.57 Å². The zero-order chi connectivity index (χ0) is 23.6. The standard InChI is InChI=1S/C22H27NO8/c1-7-18(24)29-28-13-17(23-21(26)27)20(31-30-19(25)8-2)22(5,6)16-11-9-15(10-12-16)14(3)4/h7-12,17,20,23H,1-3,13H2,4-6H3,(H,26,27). The molecular formula is C22H27NO8. The van der Waals surface area contributed by atoms with Gasteiger partial charge in [0.25, 0.3) is 0 Å². The van der Waals surface area contributed by atoms with E-state index in [9.17, 15) is 19.5 Å². The maximum Gasteiger partial charge on any atom is 0.405 e. The monoisotopic (exact) mass is 433 g/mol. The summed E-state index contributed by atoms with van der Waals surface area (Å²) in [6, 6.07) is 6.25. The fourth-order valence-corrected chi connectivity index (χ4v) is 2.73. The first-order valence-electron chi connectivity index (χ1n) is 9.24. The lowest BCUT2D eigenvalue weighted by Crippen LogP contribution is -2.54. The Bertz CT molecular complexity index is 828. The van der Waals surface area contributed by atoms with Gasteiger partial charge in [-0.3, -0.25) is 9.78 Å². The van der Waals surface area contributed by atoms with Gasteiger partial charge in [-0.1, -0.05) is 63.4 Å². The van der Waals surface area contributed by atoms with Crippen LogP contribution in [0.4, 0.5) is 4.79 Å². The summed E-state index contributed by atoms with van der Waals surface area (Å²) in [5.41, 5.74) is 1.64. The van der Waals surface area contributed by atoms with Crippen LogP contribution >= 0.6 is 0 Å². The predicted molar refractivity (Wildman–Crippen MR) is 113 cm³/mol. The van der Waals surface area contributed by atoms with Gasteiger partial charge in [-0.05, 0) is 18.1 Å². The van der Waals surface area contributed by atoms with Crippen molar-refractivity contribution in [3.63, 3.8) is 0 Å². The molecule has 0 radical (unpaired) electrons. The second-order valence-corrected chi connectivity index (χ2v) is 7.15. The quantitative estimate of drug-likeness (QED) is 0.293. The number of amides is 1. The Morgan fingerprint density at radius 1 is 1.10 bits per heavy atom. The van der Waals surface area contributed by atoms with Gasteiger partial charge in [0.1, 0.15) is 12.7 Å². The number of rotatable bonds is 12. The highest BCUT2D eigenvalue weighted by Crippen LogP contribution is 2.32. The van der Waals surface area contributed by atoms with Crippen molar-refractivity contribution in [2.24, 2.45) is 0 Å². The molecule has 0 aliphatic carbocycles. The van der Waals surface area contributed by atoms with Crippen LogP contribution in [0.15, 0.2) is 56.2 Å². The van der Waals surface area contributed by atoms with E-state index >= 15 is 0 Å². The molecule has 0 aromatic heterocycles. The van der Waals surface area contributed by atoms with Crippen LogP contribution in [0, 0.1) is 0 Å². The largest absolute Gasteiger partial charge is 0.465 e. The van der Waals surface area contributed by atoms with Gasteiger partial charge in [-0.25, -0.2) is 14.4 Å². The molecule has 1 amide bonds. The first kappa shape index (κ1) is 25.6. The van der Waals surface area contributed by atoms with Crippen LogP contribution in [0.5, 0.6) is 0 Å². The minimum absolute atomic E-state index is 0.435. The topological polar surface area (TPSA) is 120 Å². The maximum absolute atomic E-state index is 11.6. The number of hydrogen-bond donors (Lipinski definition) is 2. The molecule has 9 nitrogen and oxygen atoms in total. The minimum atomic E-state index is -1.39. The third kappa shape index (κ3) is 7.72. The van der Waals surface area contributed by atoms with Crippen LogP contribution < -0.4 is 5.32 Å². The molecule has 1 aromatic carbocycles. The van der Waals surface area contributed by atoms with Gasteiger partial charge in [-0.15, -0.1) is 0 Å². The normalized spacial score (nSPS) is 12.7. The summed E-state index contributed by atoms with van der Waals surface area (Å²) in [6.07, 6.45) is -0.702. The summed E-state index contributed by atoms with van der Waals surface area (Å²) in [5.74, 6) is -1.73. The van der Waals surface area contributed by atoms with E-state index in [-0.39, 0.29) is 0 Å². The summed E-state index contributed by atoms with van der Waals surface area (Å²) in [5, 5.41) is 11.5. The van der Waals surface area contributed by atoms with Gasteiger partial charge in [-0.2, -0.15) is 9.78 Å². The maximum atomic E-state index is 11.6. The Kier molecular flexibility index (Phi) is 9.65. The summed E-state index contributed by atoms with van der Waals surface area (Å²) in [4.78, 5) is 53.6. The van der Waals surface area contributed by atoms with E-state index in [1.165, 1.54) is 0 Å². The van der Waals surface area contributed by atoms with E-state index in [1.807, 2.05) is 31.2 Å². The number of hydrogen-bond acceptors (Lipinski definition) is 7. The second kappa shape index (κ2) is 11.7. The molecule has 0 saturated carbocycles. The van der Waals surface area contributed by atoms with Gasteiger partial charge in [0, 0.05) is 17.6 Å². The molecule has 31 heavy (non-hydrogen) atoms. The van der Waals surface area contributed by atoms with Crippen molar-refractivity contribution in [2.75, 3.05) is 6.61 Å². The highest BCUT2D eigenvalue weighted by atomic mass is 17.2. The molecule has 0 bridgehead atoms. The lowest BCUT2D eigenvalue weighted by molar-refractivity contribution is -0.320. The molecule has 1 aromatic rings. The first-order valence-corrected chi connectivity index (χ1v) is 9.24. The van der Waals surface area contributed by atoms with Gasteiger partial charge in [0.05, 0.1) is 6.04 Å². The highest BCUT2D eigenvalue weighted by molar-refractivity contribution is 5.80. The van der Waals surface area contributed by atoms with E-state index < -0.39 is 42.2 Å². The Morgan fingerprint density at radius 2 is 1.65 bits per heavy atom. The highest BCUT2D eigenvalue weighted by Gasteiger charge is 2.41. The minimum Gasteiger partial charge on any atom is -0.465 e. The first-order chi connectivity index (χ1) is 14.5. The lowest BCUT2D eigenvalue weighted by atomic mass is 9.76. The Balaban J connectivity index is 3.27. The third-order valence-corrected chi connectivity index (χ3v) is 4.46. The fourth-order valence-electron chi connectivity index (χ4n) is 2.73. The SMILES string of the molecule is C=CC(=O)OOCC(NC(=O)O)C(OOC(=O)C=C)C(C)(C)c1ccc(C(=C)C)cc1. The Hall–Kier alpha value is -3.43. The van der Waals surface area contributed by atoms with Crippen molar-refractivity contribution < 1.29 is 39.0 Å². The molecule has 1 rings (SSSR count). The summed E-state index contributed by atoms with van der Waals surface area (Å²) >= 11 is 0. The van der Waals surface area contributed by atoms with E-state index in [4.69, 9.17) is 14.7 Å². The third-order valence-electron chi connectivity index (χ3n) is 4.46. The molecule has 2 atom stereocenters. The fraction of sp³-hybridized carbons (Fsp3) is 0.318. The average Bonchev–Trinajstić information content (AvgIpc) is 2.72. The Labute approximate surface area is 180 Å². The second-order valence-electron chi connectivity index (χ2n) is 7.15. The van der Waals surface area contributed by atoms with E-state index in [0.717, 1.165) is 28.9 Å². The number of benzene rings is 1. The van der Waals surface area contributed by atoms with E-state index in [2.05, 4.69) is 29.9 Å². The van der Waals surface area contributed by atoms with E-state index in [1.54, 1.807) is 13.8 Å². The molecule has 0 aliphatic rings. The number of carbonyl (C=O) groups excluding carboxylic acids is 2. The molecule has 0 spiro atoms. The van der Waals surface area contributed by atoms with Gasteiger partial charge < -0.3 is 10.4 Å². The van der Waals surface area contributed by atoms with Crippen molar-refractivity contribution in [1.29, 1.82) is 0 Å². The summed E-state index contributed by atoms with van der Waals surface area (Å²) in [7, 11) is 0. The molecule has 0 heterocycles. The van der Waals surface area contributed by atoms with Crippen molar-refractivity contribution >= 4 is 23.6 Å². The molecular weight excluding hydrogens is 406 g/mol. The van der Waals surface area contributed by atoms with E-state index in [0.29, 0.717) is 0 Å². The van der Waals surface area contributed by atoms with Crippen molar-refractivity contribution in [3.8, 4) is 0 Å². The van der Waals surface area contributed by atoms with Crippen LogP contribution in [0.1, 0.15) is 31.9 Å².